The van der Waals surface area contributed by atoms with Gasteiger partial charge in [-0.1, -0.05) is 23.2 Å². The summed E-state index contributed by atoms with van der Waals surface area (Å²) in [6.07, 6.45) is 5.80. The topological polar surface area (TPSA) is 99.1 Å². The van der Waals surface area contributed by atoms with Gasteiger partial charge in [0.2, 0.25) is 0 Å². The normalized spacial score (nSPS) is 11.8. The van der Waals surface area contributed by atoms with Gasteiger partial charge in [0.15, 0.2) is 0 Å². The summed E-state index contributed by atoms with van der Waals surface area (Å²) < 4.78 is 22.3. The fourth-order valence-corrected chi connectivity index (χ4v) is 3.44. The number of hydrogen-bond donors (Lipinski definition) is 1. The number of rotatable bonds is 6. The van der Waals surface area contributed by atoms with Crippen molar-refractivity contribution in [2.24, 2.45) is 0 Å². The second kappa shape index (κ2) is 8.68. The highest BCUT2D eigenvalue weighted by Gasteiger charge is 2.19. The van der Waals surface area contributed by atoms with E-state index in [1.165, 1.54) is 33.1 Å². The maximum atomic E-state index is 11.7. The smallest absolute Gasteiger partial charge is 0.143 e. The van der Waals surface area contributed by atoms with E-state index in [1.54, 1.807) is 18.3 Å². The summed E-state index contributed by atoms with van der Waals surface area (Å²) in [6, 6.07) is 3.19. The molecular weight excluding hydrogens is 425 g/mol. The van der Waals surface area contributed by atoms with Gasteiger partial charge in [0, 0.05) is 18.5 Å². The van der Waals surface area contributed by atoms with Gasteiger partial charge in [-0.05, 0) is 6.07 Å². The first-order valence-electron chi connectivity index (χ1n) is 7.79. The molecule has 1 N–H and O–H groups in total. The maximum Gasteiger partial charge on any atom is 0.143 e. The van der Waals surface area contributed by atoms with Gasteiger partial charge in [0.1, 0.15) is 45.0 Å². The SMILES string of the molecule is COc1cc(OC)c(Cl)c(Nc2ncncc2-c2cc(S(C)=O)ncn2)c1Cl. The van der Waals surface area contributed by atoms with Crippen LogP contribution in [0.3, 0.4) is 0 Å². The molecule has 1 atom stereocenters. The van der Waals surface area contributed by atoms with Crippen LogP contribution in [0.4, 0.5) is 11.5 Å². The number of anilines is 2. The summed E-state index contributed by atoms with van der Waals surface area (Å²) in [5, 5.41) is 4.00. The van der Waals surface area contributed by atoms with E-state index in [4.69, 9.17) is 32.7 Å². The van der Waals surface area contributed by atoms with Gasteiger partial charge >= 0.3 is 0 Å². The van der Waals surface area contributed by atoms with Crippen molar-refractivity contribution in [3.8, 4) is 22.8 Å². The predicted molar refractivity (Wildman–Crippen MR) is 108 cm³/mol. The third-order valence-electron chi connectivity index (χ3n) is 3.74. The lowest BCUT2D eigenvalue weighted by Gasteiger charge is -2.17. The fourth-order valence-electron chi connectivity index (χ4n) is 2.37. The second-order valence-corrected chi connectivity index (χ2v) is 7.47. The number of nitrogens with zero attached hydrogens (tertiary/aromatic N) is 4. The summed E-state index contributed by atoms with van der Waals surface area (Å²) in [6.45, 7) is 0. The molecule has 2 heterocycles. The number of benzene rings is 1. The Morgan fingerprint density at radius 2 is 1.68 bits per heavy atom. The molecule has 28 heavy (non-hydrogen) atoms. The van der Waals surface area contributed by atoms with Crippen LogP contribution in [-0.2, 0) is 10.8 Å². The van der Waals surface area contributed by atoms with Gasteiger partial charge in [0.05, 0.1) is 42.0 Å². The molecule has 1 unspecified atom stereocenters. The van der Waals surface area contributed by atoms with E-state index in [1.807, 2.05) is 0 Å². The van der Waals surface area contributed by atoms with Crippen molar-refractivity contribution in [3.05, 3.63) is 41.0 Å². The zero-order valence-corrected chi connectivity index (χ0v) is 17.4. The van der Waals surface area contributed by atoms with Crippen molar-refractivity contribution < 1.29 is 13.7 Å². The molecule has 0 fully saturated rings. The zero-order valence-electron chi connectivity index (χ0n) is 15.1. The first kappa shape index (κ1) is 20.2. The number of methoxy groups -OCH3 is 2. The molecule has 2 aromatic heterocycles. The van der Waals surface area contributed by atoms with Crippen LogP contribution in [0.25, 0.3) is 11.3 Å². The van der Waals surface area contributed by atoms with Gasteiger partial charge in [-0.25, -0.2) is 19.9 Å². The van der Waals surface area contributed by atoms with E-state index >= 15 is 0 Å². The van der Waals surface area contributed by atoms with Crippen molar-refractivity contribution in [1.82, 2.24) is 19.9 Å². The lowest BCUT2D eigenvalue weighted by atomic mass is 10.2. The third kappa shape index (κ3) is 4.01. The lowest BCUT2D eigenvalue weighted by molar-refractivity contribution is 0.395. The molecule has 11 heteroatoms. The molecule has 146 valence electrons. The Morgan fingerprint density at radius 3 is 2.29 bits per heavy atom. The Labute approximate surface area is 173 Å². The molecule has 8 nitrogen and oxygen atoms in total. The predicted octanol–water partition coefficient (Wildman–Crippen LogP) is 3.74. The molecule has 3 rings (SSSR count). The highest BCUT2D eigenvalue weighted by Crippen LogP contribution is 2.45. The summed E-state index contributed by atoms with van der Waals surface area (Å²) in [5.41, 5.74) is 1.39. The van der Waals surface area contributed by atoms with Crippen LogP contribution in [-0.4, -0.2) is 44.6 Å². The summed E-state index contributed by atoms with van der Waals surface area (Å²) in [7, 11) is 1.71. The van der Waals surface area contributed by atoms with E-state index < -0.39 is 10.8 Å². The minimum absolute atomic E-state index is 0.260. The van der Waals surface area contributed by atoms with E-state index in [0.29, 0.717) is 39.3 Å². The second-order valence-electron chi connectivity index (χ2n) is 5.39. The van der Waals surface area contributed by atoms with Crippen LogP contribution < -0.4 is 14.8 Å². The van der Waals surface area contributed by atoms with Crippen LogP contribution >= 0.6 is 23.2 Å². The van der Waals surface area contributed by atoms with Crippen LogP contribution in [0, 0.1) is 0 Å². The van der Waals surface area contributed by atoms with Gasteiger partial charge in [-0.3, -0.25) is 4.21 Å². The number of aromatic nitrogens is 4. The van der Waals surface area contributed by atoms with E-state index in [2.05, 4.69) is 25.3 Å². The molecule has 0 saturated heterocycles. The third-order valence-corrected chi connectivity index (χ3v) is 5.30. The Balaban J connectivity index is 2.11. The largest absolute Gasteiger partial charge is 0.495 e. The highest BCUT2D eigenvalue weighted by atomic mass is 35.5. The van der Waals surface area contributed by atoms with Crippen LogP contribution in [0.5, 0.6) is 11.5 Å². The van der Waals surface area contributed by atoms with Crippen molar-refractivity contribution in [2.45, 2.75) is 5.03 Å². The molecule has 0 amide bonds. The monoisotopic (exact) mass is 439 g/mol. The molecule has 0 bridgehead atoms. The minimum atomic E-state index is -1.26. The Hall–Kier alpha value is -2.49. The van der Waals surface area contributed by atoms with E-state index in [9.17, 15) is 4.21 Å². The first-order chi connectivity index (χ1) is 13.5. The molecule has 3 aromatic rings. The van der Waals surface area contributed by atoms with Crippen LogP contribution in [0.2, 0.25) is 10.0 Å². The lowest BCUT2D eigenvalue weighted by Crippen LogP contribution is -2.02. The average Bonchev–Trinajstić information content (AvgIpc) is 2.71. The number of nitrogens with one attached hydrogen (secondary N) is 1. The van der Waals surface area contributed by atoms with Crippen LogP contribution in [0.15, 0.2) is 36.0 Å². The van der Waals surface area contributed by atoms with Crippen molar-refractivity contribution in [1.29, 1.82) is 0 Å². The van der Waals surface area contributed by atoms with Crippen molar-refractivity contribution in [2.75, 3.05) is 25.8 Å². The zero-order chi connectivity index (χ0) is 20.3. The van der Waals surface area contributed by atoms with E-state index in [-0.39, 0.29) is 10.0 Å². The minimum Gasteiger partial charge on any atom is -0.495 e. The van der Waals surface area contributed by atoms with Gasteiger partial charge in [-0.15, -0.1) is 0 Å². The van der Waals surface area contributed by atoms with Gasteiger partial charge in [-0.2, -0.15) is 0 Å². The summed E-state index contributed by atoms with van der Waals surface area (Å²) in [5.74, 6) is 1.15. The van der Waals surface area contributed by atoms with Gasteiger partial charge in [0.25, 0.3) is 0 Å². The highest BCUT2D eigenvalue weighted by molar-refractivity contribution is 7.84. The quantitative estimate of drug-likeness (QED) is 0.579. The molecule has 1 aromatic carbocycles. The number of halogens is 2. The Morgan fingerprint density at radius 1 is 1.00 bits per heavy atom. The fraction of sp³-hybridized carbons (Fsp3) is 0.176. The first-order valence-corrected chi connectivity index (χ1v) is 10.1. The molecule has 0 saturated carbocycles. The number of hydrogen-bond acceptors (Lipinski definition) is 8. The standard InChI is InChI=1S/C17H15Cl2N5O3S/c1-26-11-5-12(27-2)15(19)16(14(11)18)24-17-9(6-20-7-23-17)10-4-13(28(3)25)22-8-21-10/h4-8H,1-3H3,(H,20,23,24). The molecule has 0 radical (unpaired) electrons. The molecule has 0 aliphatic carbocycles. The summed E-state index contributed by atoms with van der Waals surface area (Å²) >= 11 is 12.8. The summed E-state index contributed by atoms with van der Waals surface area (Å²) in [4.78, 5) is 16.5. The Bertz CT molecular complexity index is 1020. The molecule has 0 aliphatic rings. The Kier molecular flexibility index (Phi) is 6.28. The molecule has 0 spiro atoms. The average molecular weight is 440 g/mol. The van der Waals surface area contributed by atoms with Crippen LogP contribution in [0.1, 0.15) is 0 Å². The molecule has 0 aliphatic heterocycles. The maximum absolute atomic E-state index is 11.7. The molecular formula is C17H15Cl2N5O3S. The van der Waals surface area contributed by atoms with E-state index in [0.717, 1.165) is 0 Å². The van der Waals surface area contributed by atoms with Crippen molar-refractivity contribution >= 4 is 45.5 Å². The number of ether oxygens (including phenoxy) is 2. The van der Waals surface area contributed by atoms with Crippen molar-refractivity contribution in [3.63, 3.8) is 0 Å². The van der Waals surface area contributed by atoms with Gasteiger partial charge < -0.3 is 14.8 Å².